The summed E-state index contributed by atoms with van der Waals surface area (Å²) < 4.78 is 10.7. The highest BCUT2D eigenvalue weighted by atomic mass is 127. The molecule has 1 aromatic heterocycles. The number of aromatic nitrogens is 1. The highest BCUT2D eigenvalue weighted by molar-refractivity contribution is 14.1. The van der Waals surface area contributed by atoms with Crippen LogP contribution in [0.4, 0.5) is 0 Å². The Balaban J connectivity index is 2.57. The molecular weight excluding hydrogens is 332 g/mol. The second-order valence-corrected chi connectivity index (χ2v) is 4.16. The maximum absolute atomic E-state index is 9.39. The van der Waals surface area contributed by atoms with Crippen LogP contribution in [0.3, 0.4) is 0 Å². The quantitative estimate of drug-likeness (QED) is 0.507. The first kappa shape index (κ1) is 12.8. The Labute approximate surface area is 107 Å². The van der Waals surface area contributed by atoms with Gasteiger partial charge in [-0.15, -0.1) is 0 Å². The van der Waals surface area contributed by atoms with E-state index in [0.29, 0.717) is 22.7 Å². The van der Waals surface area contributed by atoms with E-state index in [1.165, 1.54) is 6.07 Å². The van der Waals surface area contributed by atoms with Crippen LogP contribution in [0.25, 0.3) is 0 Å². The van der Waals surface area contributed by atoms with Gasteiger partial charge in [-0.05, 0) is 22.6 Å². The molecule has 0 radical (unpaired) electrons. The molecule has 0 unspecified atom stereocenters. The van der Waals surface area contributed by atoms with Crippen molar-refractivity contribution in [2.45, 2.75) is 6.42 Å². The summed E-state index contributed by atoms with van der Waals surface area (Å²) in [6.07, 6.45) is 0.763. The third kappa shape index (κ3) is 4.00. The molecule has 0 bridgehead atoms. The average Bonchev–Trinajstić information content (AvgIpc) is 2.20. The smallest absolute Gasteiger partial charge is 0.172 e. The van der Waals surface area contributed by atoms with E-state index in [1.807, 2.05) is 22.6 Å². The van der Waals surface area contributed by atoms with Crippen LogP contribution in [0.2, 0.25) is 5.15 Å². The van der Waals surface area contributed by atoms with Crippen LogP contribution in [0.1, 0.15) is 6.42 Å². The van der Waals surface area contributed by atoms with Crippen LogP contribution in [0, 0.1) is 3.70 Å². The van der Waals surface area contributed by atoms with Crippen LogP contribution in [-0.2, 0) is 4.74 Å². The molecular formula is C9H11ClINO3. The van der Waals surface area contributed by atoms with Crippen molar-refractivity contribution < 1.29 is 14.6 Å². The fourth-order valence-corrected chi connectivity index (χ4v) is 1.66. The van der Waals surface area contributed by atoms with Gasteiger partial charge in [0.05, 0.1) is 6.61 Å². The van der Waals surface area contributed by atoms with E-state index >= 15 is 0 Å². The molecule has 1 aromatic rings. The molecule has 0 fully saturated rings. The van der Waals surface area contributed by atoms with Gasteiger partial charge in [-0.2, -0.15) is 0 Å². The lowest BCUT2D eigenvalue weighted by molar-refractivity contribution is 0.172. The van der Waals surface area contributed by atoms with E-state index in [-0.39, 0.29) is 10.9 Å². The van der Waals surface area contributed by atoms with Crippen molar-refractivity contribution in [1.29, 1.82) is 0 Å². The normalized spacial score (nSPS) is 10.3. The van der Waals surface area contributed by atoms with Crippen molar-refractivity contribution in [3.05, 3.63) is 14.9 Å². The van der Waals surface area contributed by atoms with Gasteiger partial charge in [-0.1, -0.05) is 11.6 Å². The van der Waals surface area contributed by atoms with Crippen LogP contribution >= 0.6 is 34.2 Å². The Morgan fingerprint density at radius 2 is 2.27 bits per heavy atom. The summed E-state index contributed by atoms with van der Waals surface area (Å²) in [5.74, 6) is 0.465. The van der Waals surface area contributed by atoms with Gasteiger partial charge in [0, 0.05) is 26.2 Å². The average molecular weight is 344 g/mol. The van der Waals surface area contributed by atoms with E-state index in [1.54, 1.807) is 7.11 Å². The van der Waals surface area contributed by atoms with E-state index in [0.717, 1.165) is 6.42 Å². The van der Waals surface area contributed by atoms with E-state index in [2.05, 4.69) is 4.98 Å². The fraction of sp³-hybridized carbons (Fsp3) is 0.444. The van der Waals surface area contributed by atoms with Gasteiger partial charge in [0.2, 0.25) is 0 Å². The molecule has 0 aromatic carbocycles. The molecule has 1 rings (SSSR count). The molecule has 6 heteroatoms. The lowest BCUT2D eigenvalue weighted by Gasteiger charge is -2.08. The number of pyridine rings is 1. The first-order valence-corrected chi connectivity index (χ1v) is 5.77. The molecule has 15 heavy (non-hydrogen) atoms. The summed E-state index contributed by atoms with van der Waals surface area (Å²) in [5.41, 5.74) is 0. The highest BCUT2D eigenvalue weighted by Crippen LogP contribution is 2.29. The van der Waals surface area contributed by atoms with Crippen LogP contribution < -0.4 is 4.74 Å². The number of aromatic hydroxyl groups is 1. The second-order valence-electron chi connectivity index (χ2n) is 2.78. The Kier molecular flexibility index (Phi) is 5.41. The number of nitrogens with zero attached hydrogens (tertiary/aromatic N) is 1. The number of methoxy groups -OCH3 is 1. The predicted octanol–water partition coefficient (Wildman–Crippen LogP) is 2.46. The van der Waals surface area contributed by atoms with Crippen LogP contribution in [-0.4, -0.2) is 30.4 Å². The zero-order chi connectivity index (χ0) is 11.3. The van der Waals surface area contributed by atoms with Crippen molar-refractivity contribution in [2.75, 3.05) is 20.3 Å². The first-order chi connectivity index (χ1) is 7.15. The zero-order valence-electron chi connectivity index (χ0n) is 8.17. The lowest BCUT2D eigenvalue weighted by atomic mass is 10.4. The first-order valence-electron chi connectivity index (χ1n) is 4.32. The summed E-state index contributed by atoms with van der Waals surface area (Å²) in [7, 11) is 1.63. The van der Waals surface area contributed by atoms with Gasteiger partial charge in [0.1, 0.15) is 3.70 Å². The Morgan fingerprint density at radius 1 is 1.53 bits per heavy atom. The molecule has 0 saturated heterocycles. The molecule has 4 nitrogen and oxygen atoms in total. The minimum absolute atomic E-state index is 0.0711. The van der Waals surface area contributed by atoms with Crippen molar-refractivity contribution >= 4 is 34.2 Å². The summed E-state index contributed by atoms with van der Waals surface area (Å²) in [5, 5.41) is 9.65. The van der Waals surface area contributed by atoms with Crippen molar-refractivity contribution in [3.63, 3.8) is 0 Å². The number of halogens is 2. The summed E-state index contributed by atoms with van der Waals surface area (Å²) in [4.78, 5) is 3.92. The highest BCUT2D eigenvalue weighted by Gasteiger charge is 2.08. The monoisotopic (exact) mass is 343 g/mol. The SMILES string of the molecule is COCCCOc1cc(O)c(I)nc1Cl. The predicted molar refractivity (Wildman–Crippen MR) is 65.6 cm³/mol. The molecule has 0 aliphatic rings. The molecule has 0 atom stereocenters. The number of hydrogen-bond donors (Lipinski definition) is 1. The molecule has 84 valence electrons. The number of hydrogen-bond acceptors (Lipinski definition) is 4. The molecule has 0 aliphatic heterocycles. The summed E-state index contributed by atoms with van der Waals surface area (Å²) in [6.45, 7) is 1.11. The standard InChI is InChI=1S/C9H11ClINO3/c1-14-3-2-4-15-7-5-6(13)9(11)12-8(7)10/h5,13H,2-4H2,1H3. The number of ether oxygens (including phenoxy) is 2. The zero-order valence-corrected chi connectivity index (χ0v) is 11.1. The topological polar surface area (TPSA) is 51.6 Å². The maximum Gasteiger partial charge on any atom is 0.172 e. The minimum Gasteiger partial charge on any atom is -0.505 e. The van der Waals surface area contributed by atoms with Crippen LogP contribution in [0.15, 0.2) is 6.07 Å². The van der Waals surface area contributed by atoms with Crippen molar-refractivity contribution in [1.82, 2.24) is 4.98 Å². The third-order valence-electron chi connectivity index (χ3n) is 1.63. The number of rotatable bonds is 5. The molecule has 0 saturated carbocycles. The second kappa shape index (κ2) is 6.34. The maximum atomic E-state index is 9.39. The Bertz CT molecular complexity index is 335. The molecule has 1 N–H and O–H groups in total. The minimum atomic E-state index is 0.0711. The van der Waals surface area contributed by atoms with Crippen molar-refractivity contribution in [3.8, 4) is 11.5 Å². The van der Waals surface area contributed by atoms with E-state index < -0.39 is 0 Å². The van der Waals surface area contributed by atoms with Crippen LogP contribution in [0.5, 0.6) is 11.5 Å². The Hall–Kier alpha value is -0.270. The summed E-state index contributed by atoms with van der Waals surface area (Å²) in [6, 6.07) is 1.46. The molecule has 0 spiro atoms. The molecule has 1 heterocycles. The summed E-state index contributed by atoms with van der Waals surface area (Å²) >= 11 is 7.73. The largest absolute Gasteiger partial charge is 0.505 e. The lowest BCUT2D eigenvalue weighted by Crippen LogP contribution is -2.02. The van der Waals surface area contributed by atoms with Gasteiger partial charge in [-0.25, -0.2) is 4.98 Å². The van der Waals surface area contributed by atoms with E-state index in [4.69, 9.17) is 21.1 Å². The molecule has 0 aliphatic carbocycles. The van der Waals surface area contributed by atoms with Gasteiger partial charge < -0.3 is 14.6 Å². The molecule has 0 amide bonds. The van der Waals surface area contributed by atoms with Gasteiger partial charge in [-0.3, -0.25) is 0 Å². The Morgan fingerprint density at radius 3 is 2.93 bits per heavy atom. The van der Waals surface area contributed by atoms with Crippen molar-refractivity contribution in [2.24, 2.45) is 0 Å². The fourth-order valence-electron chi connectivity index (χ4n) is 0.928. The van der Waals surface area contributed by atoms with E-state index in [9.17, 15) is 5.11 Å². The van der Waals surface area contributed by atoms with Gasteiger partial charge >= 0.3 is 0 Å². The third-order valence-corrected chi connectivity index (χ3v) is 2.69. The van der Waals surface area contributed by atoms with Gasteiger partial charge in [0.15, 0.2) is 16.7 Å². The van der Waals surface area contributed by atoms with Gasteiger partial charge in [0.25, 0.3) is 0 Å².